The molecule has 0 bridgehead atoms. The number of nitrogens with one attached hydrogen (secondary N) is 4. The Bertz CT molecular complexity index is 831. The molecule has 0 aliphatic carbocycles. The van der Waals surface area contributed by atoms with Crippen LogP contribution in [0.15, 0.2) is 48.5 Å². The van der Waals surface area contributed by atoms with Crippen LogP contribution in [0.1, 0.15) is 35.7 Å². The summed E-state index contributed by atoms with van der Waals surface area (Å²) in [5.41, 5.74) is 5.47. The third-order valence-electron chi connectivity index (χ3n) is 5.48. The van der Waals surface area contributed by atoms with Gasteiger partial charge in [-0.1, -0.05) is 43.3 Å². The molecule has 7 nitrogen and oxygen atoms in total. The van der Waals surface area contributed by atoms with Crippen LogP contribution in [-0.4, -0.2) is 48.7 Å². The van der Waals surface area contributed by atoms with Crippen molar-refractivity contribution in [1.82, 2.24) is 21.4 Å². The lowest BCUT2D eigenvalue weighted by molar-refractivity contribution is -0.131. The molecule has 0 saturated carbocycles. The van der Waals surface area contributed by atoms with Gasteiger partial charge in [-0.15, -0.1) is 0 Å². The van der Waals surface area contributed by atoms with Gasteiger partial charge in [0.2, 0.25) is 0 Å². The molecule has 7 heteroatoms. The van der Waals surface area contributed by atoms with Crippen LogP contribution in [-0.2, 0) is 11.2 Å². The highest BCUT2D eigenvalue weighted by atomic mass is 16.5. The summed E-state index contributed by atoms with van der Waals surface area (Å²) in [6, 6.07) is 15.1. The van der Waals surface area contributed by atoms with Crippen molar-refractivity contribution in [3.8, 4) is 11.1 Å². The highest BCUT2D eigenvalue weighted by Crippen LogP contribution is 2.20. The second-order valence-electron chi connectivity index (χ2n) is 7.58. The Kier molecular flexibility index (Phi) is 7.96. The first-order chi connectivity index (χ1) is 14.6. The molecule has 2 atom stereocenters. The maximum atomic E-state index is 12.6. The van der Waals surface area contributed by atoms with Crippen LogP contribution in [0.5, 0.6) is 0 Å². The Morgan fingerprint density at radius 2 is 1.77 bits per heavy atom. The summed E-state index contributed by atoms with van der Waals surface area (Å²) in [4.78, 5) is 24.6. The Balaban J connectivity index is 1.59. The van der Waals surface area contributed by atoms with Crippen LogP contribution in [0.3, 0.4) is 0 Å². The Hall–Kier alpha value is -2.74. The molecule has 1 aliphatic rings. The Labute approximate surface area is 177 Å². The first-order valence-electron chi connectivity index (χ1n) is 10.5. The van der Waals surface area contributed by atoms with Crippen LogP contribution >= 0.6 is 0 Å². The van der Waals surface area contributed by atoms with Gasteiger partial charge in [-0.2, -0.15) is 0 Å². The summed E-state index contributed by atoms with van der Waals surface area (Å²) in [7, 11) is 0. The predicted octanol–water partition coefficient (Wildman–Crippen LogP) is 1.86. The topological polar surface area (TPSA) is 102 Å². The summed E-state index contributed by atoms with van der Waals surface area (Å²) < 4.78 is 0. The normalized spacial score (nSPS) is 16.8. The molecule has 1 unspecified atom stereocenters. The van der Waals surface area contributed by atoms with E-state index < -0.39 is 11.9 Å². The second-order valence-corrected chi connectivity index (χ2v) is 7.58. The smallest absolute Gasteiger partial charge is 0.267 e. The maximum Gasteiger partial charge on any atom is 0.267 e. The van der Waals surface area contributed by atoms with E-state index in [1.165, 1.54) is 5.56 Å². The molecule has 2 aromatic carbocycles. The summed E-state index contributed by atoms with van der Waals surface area (Å²) in [5, 5.41) is 18.3. The first kappa shape index (κ1) is 22.0. The molecule has 1 heterocycles. The molecule has 160 valence electrons. The van der Waals surface area contributed by atoms with Gasteiger partial charge in [0, 0.05) is 24.7 Å². The number of hydrogen-bond acceptors (Lipinski definition) is 5. The molecule has 0 aromatic heterocycles. The molecule has 0 radical (unpaired) electrons. The lowest BCUT2D eigenvalue weighted by Crippen LogP contribution is -2.52. The van der Waals surface area contributed by atoms with Crippen LogP contribution in [0.2, 0.25) is 0 Å². The van der Waals surface area contributed by atoms with E-state index in [4.69, 9.17) is 5.21 Å². The lowest BCUT2D eigenvalue weighted by Gasteiger charge is -2.19. The molecule has 1 fully saturated rings. The summed E-state index contributed by atoms with van der Waals surface area (Å²) in [5.74, 6) is -1.01. The Morgan fingerprint density at radius 1 is 1.10 bits per heavy atom. The van der Waals surface area contributed by atoms with Gasteiger partial charge in [0.1, 0.15) is 6.04 Å². The van der Waals surface area contributed by atoms with Crippen molar-refractivity contribution >= 4 is 11.8 Å². The second kappa shape index (κ2) is 10.9. The fourth-order valence-corrected chi connectivity index (χ4v) is 3.61. The minimum atomic E-state index is -0.870. The van der Waals surface area contributed by atoms with E-state index in [1.54, 1.807) is 17.6 Å². The zero-order valence-corrected chi connectivity index (χ0v) is 17.3. The molecular weight excluding hydrogens is 380 g/mol. The van der Waals surface area contributed by atoms with Gasteiger partial charge >= 0.3 is 0 Å². The molecule has 2 aromatic rings. The number of hydroxylamine groups is 1. The zero-order chi connectivity index (χ0) is 21.3. The Morgan fingerprint density at radius 3 is 2.33 bits per heavy atom. The fourth-order valence-electron chi connectivity index (χ4n) is 3.61. The summed E-state index contributed by atoms with van der Waals surface area (Å²) in [6.45, 7) is 4.06. The van der Waals surface area contributed by atoms with E-state index in [0.717, 1.165) is 36.9 Å². The zero-order valence-electron chi connectivity index (χ0n) is 17.3. The number of hydrogen-bond donors (Lipinski definition) is 5. The average molecular weight is 411 g/mol. The lowest BCUT2D eigenvalue weighted by atomic mass is 10.0. The molecule has 5 N–H and O–H groups in total. The van der Waals surface area contributed by atoms with Crippen LogP contribution in [0.25, 0.3) is 11.1 Å². The van der Waals surface area contributed by atoms with E-state index in [0.29, 0.717) is 18.2 Å². The van der Waals surface area contributed by atoms with Crippen molar-refractivity contribution in [3.63, 3.8) is 0 Å². The summed E-state index contributed by atoms with van der Waals surface area (Å²) >= 11 is 0. The highest BCUT2D eigenvalue weighted by Gasteiger charge is 2.22. The van der Waals surface area contributed by atoms with Crippen LogP contribution in [0.4, 0.5) is 0 Å². The SMILES string of the molecule is CCc1ccc(-c2ccc(C(=O)N[C@@H](CNCC3CCCN3)C(=O)NO)cc2)cc1. The monoisotopic (exact) mass is 410 g/mol. The fraction of sp³-hybridized carbons (Fsp3) is 0.391. The highest BCUT2D eigenvalue weighted by molar-refractivity contribution is 5.97. The van der Waals surface area contributed by atoms with Gasteiger partial charge in [-0.3, -0.25) is 14.8 Å². The molecule has 0 spiro atoms. The third-order valence-corrected chi connectivity index (χ3v) is 5.48. The number of carbonyl (C=O) groups is 2. The quantitative estimate of drug-likeness (QED) is 0.321. The minimum Gasteiger partial charge on any atom is -0.339 e. The molecule has 30 heavy (non-hydrogen) atoms. The van der Waals surface area contributed by atoms with Gasteiger partial charge in [0.05, 0.1) is 0 Å². The van der Waals surface area contributed by atoms with Gasteiger partial charge < -0.3 is 16.0 Å². The van der Waals surface area contributed by atoms with Crippen molar-refractivity contribution < 1.29 is 14.8 Å². The number of aryl methyl sites for hydroxylation is 1. The summed E-state index contributed by atoms with van der Waals surface area (Å²) in [6.07, 6.45) is 3.22. The number of carbonyl (C=O) groups excluding carboxylic acids is 2. The minimum absolute atomic E-state index is 0.234. The van der Waals surface area contributed by atoms with E-state index in [1.807, 2.05) is 12.1 Å². The average Bonchev–Trinajstić information content (AvgIpc) is 3.31. The van der Waals surface area contributed by atoms with E-state index >= 15 is 0 Å². The number of amides is 2. The van der Waals surface area contributed by atoms with Gasteiger partial charge in [-0.05, 0) is 54.6 Å². The van der Waals surface area contributed by atoms with Gasteiger partial charge in [0.25, 0.3) is 11.8 Å². The molecule has 2 amide bonds. The van der Waals surface area contributed by atoms with Gasteiger partial charge in [0.15, 0.2) is 0 Å². The largest absolute Gasteiger partial charge is 0.339 e. The van der Waals surface area contributed by atoms with Crippen molar-refractivity contribution in [2.75, 3.05) is 19.6 Å². The maximum absolute atomic E-state index is 12.6. The molecule has 3 rings (SSSR count). The number of benzene rings is 2. The van der Waals surface area contributed by atoms with Crippen molar-refractivity contribution in [1.29, 1.82) is 0 Å². The van der Waals surface area contributed by atoms with Crippen LogP contribution < -0.4 is 21.4 Å². The molecule has 1 aliphatic heterocycles. The van der Waals surface area contributed by atoms with E-state index in [-0.39, 0.29) is 12.5 Å². The predicted molar refractivity (Wildman–Crippen MR) is 116 cm³/mol. The van der Waals surface area contributed by atoms with Crippen molar-refractivity contribution in [2.24, 2.45) is 0 Å². The van der Waals surface area contributed by atoms with Crippen molar-refractivity contribution in [2.45, 2.75) is 38.3 Å². The van der Waals surface area contributed by atoms with E-state index in [2.05, 4.69) is 47.1 Å². The third kappa shape index (κ3) is 5.89. The van der Waals surface area contributed by atoms with Gasteiger partial charge in [-0.25, -0.2) is 5.48 Å². The number of rotatable bonds is 9. The van der Waals surface area contributed by atoms with E-state index in [9.17, 15) is 9.59 Å². The first-order valence-corrected chi connectivity index (χ1v) is 10.5. The van der Waals surface area contributed by atoms with Crippen molar-refractivity contribution in [3.05, 3.63) is 59.7 Å². The van der Waals surface area contributed by atoms with Crippen LogP contribution in [0, 0.1) is 0 Å². The standard InChI is InChI=1S/C23H30N4O3/c1-2-16-5-7-17(8-6-16)18-9-11-19(12-10-18)22(28)26-21(23(29)27-30)15-24-14-20-4-3-13-25-20/h5-12,20-21,24-25,30H,2-4,13-15H2,1H3,(H,26,28)(H,27,29)/t20?,21-/m0/s1. The molecule has 1 saturated heterocycles. The molecular formula is C23H30N4O3.